The molecule has 0 saturated heterocycles. The summed E-state index contributed by atoms with van der Waals surface area (Å²) in [4.78, 5) is 12.5. The average molecular weight is 261 g/mol. The fourth-order valence-corrected chi connectivity index (χ4v) is 1.88. The first-order valence-electron chi connectivity index (χ1n) is 6.37. The molecule has 0 amide bonds. The molecule has 0 unspecified atom stereocenters. The molecule has 0 bridgehead atoms. The molecule has 0 aliphatic rings. The number of hydrazone groups is 1. The van der Waals surface area contributed by atoms with Crippen LogP contribution in [0.2, 0.25) is 0 Å². The lowest BCUT2D eigenvalue weighted by Crippen LogP contribution is -2.32. The Kier molecular flexibility index (Phi) is 4.35. The molecule has 1 rings (SSSR count). The minimum Gasteiger partial charge on any atom is -0.311 e. The van der Waals surface area contributed by atoms with Crippen LogP contribution in [0, 0.1) is 0 Å². The number of rotatable bonds is 4. The molecule has 4 nitrogen and oxygen atoms in total. The molecule has 0 aliphatic heterocycles. The van der Waals surface area contributed by atoms with Gasteiger partial charge in [0.05, 0.1) is 5.69 Å². The van der Waals surface area contributed by atoms with Gasteiger partial charge in [-0.25, -0.2) is 5.01 Å². The molecule has 0 saturated carbocycles. The Morgan fingerprint density at radius 1 is 1.42 bits per heavy atom. The second kappa shape index (κ2) is 5.43. The molecule has 0 N–H and O–H groups in total. The first kappa shape index (κ1) is 15.2. The van der Waals surface area contributed by atoms with E-state index in [9.17, 15) is 4.79 Å². The van der Waals surface area contributed by atoms with E-state index in [1.807, 2.05) is 40.7 Å². The molecule has 1 aromatic rings. The predicted molar refractivity (Wildman–Crippen MR) is 82.0 cm³/mol. The molecule has 0 atom stereocenters. The molecule has 1 aromatic heterocycles. The van der Waals surface area contributed by atoms with Crippen LogP contribution >= 0.6 is 0 Å². The van der Waals surface area contributed by atoms with Crippen molar-refractivity contribution in [2.45, 2.75) is 46.1 Å². The third-order valence-corrected chi connectivity index (χ3v) is 2.98. The standard InChI is InChI=1S/C15H23N3O/c1-8-18(16-7)12-9-13(15(4,5)6)14(19)17(10-12)11(2)3/h8-11H,1,7H2,2-6H3. The lowest BCUT2D eigenvalue weighted by molar-refractivity contribution is 0.533. The summed E-state index contributed by atoms with van der Waals surface area (Å²) < 4.78 is 1.72. The number of pyridine rings is 1. The highest BCUT2D eigenvalue weighted by Gasteiger charge is 2.21. The van der Waals surface area contributed by atoms with Gasteiger partial charge in [0, 0.05) is 30.7 Å². The van der Waals surface area contributed by atoms with Crippen molar-refractivity contribution in [1.82, 2.24) is 4.57 Å². The molecule has 4 heteroatoms. The van der Waals surface area contributed by atoms with Gasteiger partial charge in [0.25, 0.3) is 5.56 Å². The van der Waals surface area contributed by atoms with Gasteiger partial charge in [-0.2, -0.15) is 5.10 Å². The average Bonchev–Trinajstić information content (AvgIpc) is 2.30. The van der Waals surface area contributed by atoms with Crippen LogP contribution in [0.15, 0.2) is 34.9 Å². The summed E-state index contributed by atoms with van der Waals surface area (Å²) in [5.41, 5.74) is 1.37. The largest absolute Gasteiger partial charge is 0.311 e. The molecule has 0 fully saturated rings. The highest BCUT2D eigenvalue weighted by Crippen LogP contribution is 2.24. The van der Waals surface area contributed by atoms with Gasteiger partial charge in [-0.05, 0) is 25.3 Å². The van der Waals surface area contributed by atoms with Crippen molar-refractivity contribution in [1.29, 1.82) is 0 Å². The van der Waals surface area contributed by atoms with Gasteiger partial charge in [-0.3, -0.25) is 4.79 Å². The smallest absolute Gasteiger partial charge is 0.254 e. The van der Waals surface area contributed by atoms with Crippen LogP contribution in [-0.2, 0) is 5.41 Å². The zero-order valence-corrected chi connectivity index (χ0v) is 12.5. The Bertz CT molecular complexity index is 527. The molecule has 0 spiro atoms. The highest BCUT2D eigenvalue weighted by molar-refractivity contribution is 5.51. The van der Waals surface area contributed by atoms with E-state index in [-0.39, 0.29) is 17.0 Å². The number of aromatic nitrogens is 1. The molecule has 1 heterocycles. The van der Waals surface area contributed by atoms with Crippen molar-refractivity contribution in [2.75, 3.05) is 5.01 Å². The van der Waals surface area contributed by atoms with Crippen molar-refractivity contribution in [2.24, 2.45) is 5.10 Å². The Balaban J connectivity index is 3.61. The number of anilines is 1. The van der Waals surface area contributed by atoms with Crippen LogP contribution in [0.3, 0.4) is 0 Å². The van der Waals surface area contributed by atoms with Crippen LogP contribution in [0.1, 0.15) is 46.2 Å². The lowest BCUT2D eigenvalue weighted by atomic mass is 9.87. The maximum absolute atomic E-state index is 12.5. The maximum Gasteiger partial charge on any atom is 0.254 e. The van der Waals surface area contributed by atoms with Gasteiger partial charge in [-0.15, -0.1) is 0 Å². The summed E-state index contributed by atoms with van der Waals surface area (Å²) in [6.45, 7) is 17.3. The van der Waals surface area contributed by atoms with E-state index in [0.717, 1.165) is 11.3 Å². The third-order valence-electron chi connectivity index (χ3n) is 2.98. The van der Waals surface area contributed by atoms with Crippen LogP contribution in [0.4, 0.5) is 5.69 Å². The van der Waals surface area contributed by atoms with E-state index in [2.05, 4.69) is 18.4 Å². The van der Waals surface area contributed by atoms with Crippen molar-refractivity contribution < 1.29 is 0 Å². The topological polar surface area (TPSA) is 37.6 Å². The van der Waals surface area contributed by atoms with Gasteiger partial charge >= 0.3 is 0 Å². The second-order valence-corrected chi connectivity index (χ2v) is 5.84. The Morgan fingerprint density at radius 2 is 2.00 bits per heavy atom. The van der Waals surface area contributed by atoms with E-state index in [1.54, 1.807) is 22.0 Å². The van der Waals surface area contributed by atoms with Gasteiger partial charge in [-0.1, -0.05) is 27.4 Å². The quantitative estimate of drug-likeness (QED) is 0.616. The Hall–Kier alpha value is -1.84. The Labute approximate surface area is 115 Å². The molecule has 0 aliphatic carbocycles. The zero-order chi connectivity index (χ0) is 14.8. The van der Waals surface area contributed by atoms with Gasteiger partial charge in [0.1, 0.15) is 0 Å². The summed E-state index contributed by atoms with van der Waals surface area (Å²) in [6.07, 6.45) is 3.36. The van der Waals surface area contributed by atoms with Gasteiger partial charge in [0.15, 0.2) is 0 Å². The van der Waals surface area contributed by atoms with E-state index in [4.69, 9.17) is 0 Å². The molecular weight excluding hydrogens is 238 g/mol. The molecule has 0 aromatic carbocycles. The molecular formula is C15H23N3O. The van der Waals surface area contributed by atoms with Crippen molar-refractivity contribution in [3.8, 4) is 0 Å². The number of nitrogens with zero attached hydrogens (tertiary/aromatic N) is 3. The zero-order valence-electron chi connectivity index (χ0n) is 12.5. The fraction of sp³-hybridized carbons (Fsp3) is 0.467. The normalized spacial score (nSPS) is 11.5. The minimum atomic E-state index is -0.224. The SMILES string of the molecule is C=CN(N=C)c1cc(C(C)(C)C)c(=O)n(C(C)C)c1. The van der Waals surface area contributed by atoms with E-state index < -0.39 is 0 Å². The van der Waals surface area contributed by atoms with Crippen LogP contribution in [0.25, 0.3) is 0 Å². The lowest BCUT2D eigenvalue weighted by Gasteiger charge is -2.24. The van der Waals surface area contributed by atoms with E-state index in [0.29, 0.717) is 0 Å². The number of hydrogen-bond donors (Lipinski definition) is 0. The Morgan fingerprint density at radius 3 is 2.37 bits per heavy atom. The van der Waals surface area contributed by atoms with Gasteiger partial charge < -0.3 is 4.57 Å². The van der Waals surface area contributed by atoms with Crippen LogP contribution in [-0.4, -0.2) is 11.3 Å². The predicted octanol–water partition coefficient (Wildman–Crippen LogP) is 3.29. The first-order valence-corrected chi connectivity index (χ1v) is 6.37. The van der Waals surface area contributed by atoms with Crippen LogP contribution in [0.5, 0.6) is 0 Å². The first-order chi connectivity index (χ1) is 8.72. The van der Waals surface area contributed by atoms with Crippen molar-refractivity contribution >= 4 is 12.4 Å². The van der Waals surface area contributed by atoms with Crippen molar-refractivity contribution in [3.63, 3.8) is 0 Å². The van der Waals surface area contributed by atoms with E-state index in [1.165, 1.54) is 0 Å². The highest BCUT2D eigenvalue weighted by atomic mass is 16.1. The summed E-state index contributed by atoms with van der Waals surface area (Å²) in [5.74, 6) is 0. The summed E-state index contributed by atoms with van der Waals surface area (Å²) in [5, 5.41) is 5.44. The van der Waals surface area contributed by atoms with E-state index >= 15 is 0 Å². The third kappa shape index (κ3) is 3.13. The van der Waals surface area contributed by atoms with Gasteiger partial charge in [0.2, 0.25) is 0 Å². The molecule has 104 valence electrons. The minimum absolute atomic E-state index is 0.0410. The summed E-state index contributed by atoms with van der Waals surface area (Å²) >= 11 is 0. The van der Waals surface area contributed by atoms with Crippen LogP contribution < -0.4 is 10.6 Å². The van der Waals surface area contributed by atoms with Crippen molar-refractivity contribution in [3.05, 3.63) is 41.0 Å². The molecule has 19 heavy (non-hydrogen) atoms. The molecule has 0 radical (unpaired) electrons. The number of hydrogen-bond acceptors (Lipinski definition) is 3. The summed E-state index contributed by atoms with van der Waals surface area (Å²) in [7, 11) is 0. The second-order valence-electron chi connectivity index (χ2n) is 5.84. The monoisotopic (exact) mass is 261 g/mol. The maximum atomic E-state index is 12.5. The summed E-state index contributed by atoms with van der Waals surface area (Å²) in [6, 6.07) is 1.95. The fourth-order valence-electron chi connectivity index (χ4n) is 1.88.